The van der Waals surface area contributed by atoms with Gasteiger partial charge in [0.1, 0.15) is 11.0 Å². The van der Waals surface area contributed by atoms with Crippen LogP contribution in [0, 0.1) is 32.6 Å². The van der Waals surface area contributed by atoms with E-state index < -0.39 is 10.8 Å². The molecule has 0 N–H and O–H groups in total. The highest BCUT2D eigenvalue weighted by molar-refractivity contribution is 7.86. The lowest BCUT2D eigenvalue weighted by Gasteiger charge is -2.23. The van der Waals surface area contributed by atoms with Crippen LogP contribution in [0.3, 0.4) is 0 Å². The number of ketones is 1. The number of hydrogen-bond acceptors (Lipinski definition) is 2. The standard InChI is InChI=1S/C17H24O2S/c1-10(2)14-6-7-15(18)17(14)20(19)16-12(4)8-11(3)9-13(16)5/h8-10,14,17H,6-7H2,1-5H3/t14-,17-,20?/m1/s1. The van der Waals surface area contributed by atoms with E-state index >= 15 is 0 Å². The van der Waals surface area contributed by atoms with Crippen LogP contribution < -0.4 is 0 Å². The highest BCUT2D eigenvalue weighted by Gasteiger charge is 2.41. The lowest BCUT2D eigenvalue weighted by molar-refractivity contribution is -0.117. The third kappa shape index (κ3) is 2.73. The molecule has 1 fully saturated rings. The first-order valence-electron chi connectivity index (χ1n) is 7.34. The minimum atomic E-state index is -1.22. The van der Waals surface area contributed by atoms with Gasteiger partial charge in [0.2, 0.25) is 0 Å². The van der Waals surface area contributed by atoms with Gasteiger partial charge in [-0.25, -0.2) is 0 Å². The van der Waals surface area contributed by atoms with Crippen LogP contribution in [0.4, 0.5) is 0 Å². The van der Waals surface area contributed by atoms with E-state index in [9.17, 15) is 9.00 Å². The smallest absolute Gasteiger partial charge is 0.149 e. The fourth-order valence-electron chi connectivity index (χ4n) is 3.41. The van der Waals surface area contributed by atoms with Crippen LogP contribution >= 0.6 is 0 Å². The van der Waals surface area contributed by atoms with Crippen molar-refractivity contribution in [2.75, 3.05) is 0 Å². The number of rotatable bonds is 3. The maximum absolute atomic E-state index is 13.0. The molecule has 3 atom stereocenters. The van der Waals surface area contributed by atoms with E-state index in [2.05, 4.69) is 26.0 Å². The zero-order chi connectivity index (χ0) is 15.0. The molecule has 1 saturated carbocycles. The van der Waals surface area contributed by atoms with Crippen molar-refractivity contribution in [3.8, 4) is 0 Å². The van der Waals surface area contributed by atoms with E-state index in [1.54, 1.807) is 0 Å². The number of hydrogen-bond donors (Lipinski definition) is 0. The molecule has 0 bridgehead atoms. The van der Waals surface area contributed by atoms with Crippen molar-refractivity contribution >= 4 is 16.6 Å². The highest BCUT2D eigenvalue weighted by atomic mass is 32.2. The summed E-state index contributed by atoms with van der Waals surface area (Å²) < 4.78 is 13.0. The quantitative estimate of drug-likeness (QED) is 0.851. The zero-order valence-electron chi connectivity index (χ0n) is 13.0. The Kier molecular flexibility index (Phi) is 4.48. The van der Waals surface area contributed by atoms with Gasteiger partial charge in [-0.05, 0) is 50.2 Å². The summed E-state index contributed by atoms with van der Waals surface area (Å²) in [5.41, 5.74) is 3.27. The average molecular weight is 292 g/mol. The molecular formula is C17H24O2S. The van der Waals surface area contributed by atoms with Crippen molar-refractivity contribution in [3.05, 3.63) is 28.8 Å². The summed E-state index contributed by atoms with van der Waals surface area (Å²) in [5, 5.41) is -0.310. The number of aryl methyl sites for hydroxylation is 3. The van der Waals surface area contributed by atoms with Gasteiger partial charge in [-0.1, -0.05) is 31.5 Å². The van der Waals surface area contributed by atoms with Crippen LogP contribution in [0.5, 0.6) is 0 Å². The van der Waals surface area contributed by atoms with Gasteiger partial charge in [0, 0.05) is 11.3 Å². The maximum atomic E-state index is 13.0. The van der Waals surface area contributed by atoms with Crippen LogP contribution in [0.25, 0.3) is 0 Å². The first-order valence-corrected chi connectivity index (χ1v) is 8.55. The highest BCUT2D eigenvalue weighted by Crippen LogP contribution is 2.36. The summed E-state index contributed by atoms with van der Waals surface area (Å²) in [5.74, 6) is 0.839. The molecule has 1 unspecified atom stereocenters. The fourth-order valence-corrected chi connectivity index (χ4v) is 5.54. The average Bonchev–Trinajstić information content (AvgIpc) is 2.69. The van der Waals surface area contributed by atoms with Crippen LogP contribution in [0.2, 0.25) is 0 Å². The van der Waals surface area contributed by atoms with Gasteiger partial charge in [0.25, 0.3) is 0 Å². The molecule has 0 aliphatic heterocycles. The molecule has 2 nitrogen and oxygen atoms in total. The summed E-state index contributed by atoms with van der Waals surface area (Å²) in [6.07, 6.45) is 1.47. The summed E-state index contributed by atoms with van der Waals surface area (Å²) in [4.78, 5) is 13.1. The van der Waals surface area contributed by atoms with E-state index in [1.165, 1.54) is 5.56 Å². The Bertz CT molecular complexity index is 537. The summed E-state index contributed by atoms with van der Waals surface area (Å²) in [7, 11) is -1.22. The second-order valence-corrected chi connectivity index (χ2v) is 7.87. The van der Waals surface area contributed by atoms with Gasteiger partial charge < -0.3 is 0 Å². The van der Waals surface area contributed by atoms with Crippen molar-refractivity contribution in [1.82, 2.24) is 0 Å². The Morgan fingerprint density at radius 3 is 2.20 bits per heavy atom. The van der Waals surface area contributed by atoms with E-state index in [0.717, 1.165) is 22.4 Å². The SMILES string of the molecule is Cc1cc(C)c(S(=O)[C@H]2C(=O)CC[C@@H]2C(C)C)c(C)c1. The first-order chi connectivity index (χ1) is 9.32. The molecule has 2 rings (SSSR count). The van der Waals surface area contributed by atoms with Gasteiger partial charge in [-0.15, -0.1) is 0 Å². The van der Waals surface area contributed by atoms with Crippen molar-refractivity contribution < 1.29 is 9.00 Å². The van der Waals surface area contributed by atoms with E-state index in [0.29, 0.717) is 12.3 Å². The molecular weight excluding hydrogens is 268 g/mol. The van der Waals surface area contributed by atoms with E-state index in [4.69, 9.17) is 0 Å². The van der Waals surface area contributed by atoms with Crippen LogP contribution in [-0.4, -0.2) is 15.2 Å². The predicted molar refractivity (Wildman–Crippen MR) is 83.4 cm³/mol. The minimum absolute atomic E-state index is 0.182. The van der Waals surface area contributed by atoms with Crippen molar-refractivity contribution in [1.29, 1.82) is 0 Å². The molecule has 1 aliphatic carbocycles. The van der Waals surface area contributed by atoms with Crippen LogP contribution in [0.15, 0.2) is 17.0 Å². The Balaban J connectivity index is 2.43. The van der Waals surface area contributed by atoms with Gasteiger partial charge >= 0.3 is 0 Å². The van der Waals surface area contributed by atoms with Gasteiger partial charge in [-0.3, -0.25) is 9.00 Å². The van der Waals surface area contributed by atoms with Gasteiger partial charge in [0.05, 0.1) is 10.8 Å². The second-order valence-electron chi connectivity index (χ2n) is 6.36. The molecule has 1 aliphatic rings. The lowest BCUT2D eigenvalue weighted by Crippen LogP contribution is -2.30. The van der Waals surface area contributed by atoms with E-state index in [-0.39, 0.29) is 17.0 Å². The summed E-state index contributed by atoms with van der Waals surface area (Å²) >= 11 is 0. The number of carbonyl (C=O) groups is 1. The van der Waals surface area contributed by atoms with Crippen LogP contribution in [0.1, 0.15) is 43.4 Å². The monoisotopic (exact) mass is 292 g/mol. The second kappa shape index (κ2) is 5.80. The Morgan fingerprint density at radius 1 is 1.15 bits per heavy atom. The largest absolute Gasteiger partial charge is 0.298 e. The predicted octanol–water partition coefficient (Wildman–Crippen LogP) is 3.72. The Hall–Kier alpha value is -0.960. The molecule has 0 amide bonds. The van der Waals surface area contributed by atoms with Crippen molar-refractivity contribution in [2.24, 2.45) is 11.8 Å². The van der Waals surface area contributed by atoms with Crippen LogP contribution in [-0.2, 0) is 15.6 Å². The molecule has 0 spiro atoms. The summed E-state index contributed by atoms with van der Waals surface area (Å²) in [6, 6.07) is 4.12. The molecule has 0 aromatic heterocycles. The maximum Gasteiger partial charge on any atom is 0.149 e. The molecule has 0 heterocycles. The zero-order valence-corrected chi connectivity index (χ0v) is 13.8. The first kappa shape index (κ1) is 15.4. The van der Waals surface area contributed by atoms with Gasteiger partial charge in [0.15, 0.2) is 0 Å². The van der Waals surface area contributed by atoms with Crippen molar-refractivity contribution in [3.63, 3.8) is 0 Å². The Labute approximate surface area is 124 Å². The van der Waals surface area contributed by atoms with Crippen molar-refractivity contribution in [2.45, 2.75) is 57.6 Å². The normalized spacial score (nSPS) is 24.4. The molecule has 1 aromatic rings. The summed E-state index contributed by atoms with van der Waals surface area (Å²) in [6.45, 7) is 10.3. The molecule has 0 radical (unpaired) electrons. The molecule has 0 saturated heterocycles. The molecule has 110 valence electrons. The van der Waals surface area contributed by atoms with E-state index in [1.807, 2.05) is 20.8 Å². The lowest BCUT2D eigenvalue weighted by atomic mass is 9.94. The number of carbonyl (C=O) groups excluding carboxylic acids is 1. The number of benzene rings is 1. The molecule has 20 heavy (non-hydrogen) atoms. The number of Topliss-reactive ketones (excluding diaryl/α,β-unsaturated/α-hetero) is 1. The molecule has 1 aromatic carbocycles. The molecule has 3 heteroatoms. The van der Waals surface area contributed by atoms with Gasteiger partial charge in [-0.2, -0.15) is 0 Å². The third-order valence-electron chi connectivity index (χ3n) is 4.32. The topological polar surface area (TPSA) is 34.1 Å². The Morgan fingerprint density at radius 2 is 1.70 bits per heavy atom. The third-order valence-corrected chi connectivity index (χ3v) is 6.44. The minimum Gasteiger partial charge on any atom is -0.298 e. The fraction of sp³-hybridized carbons (Fsp3) is 0.588.